The van der Waals surface area contributed by atoms with E-state index in [0.29, 0.717) is 26.1 Å². The predicted octanol–water partition coefficient (Wildman–Crippen LogP) is 1.29. The second-order valence-corrected chi connectivity index (χ2v) is 4.58. The van der Waals surface area contributed by atoms with Crippen LogP contribution in [-0.2, 0) is 17.9 Å². The second kappa shape index (κ2) is 7.45. The van der Waals surface area contributed by atoms with Crippen LogP contribution in [0.2, 0.25) is 0 Å². The van der Waals surface area contributed by atoms with Crippen molar-refractivity contribution in [3.63, 3.8) is 0 Å². The van der Waals surface area contributed by atoms with E-state index in [1.54, 1.807) is 17.4 Å². The Hall–Kier alpha value is -2.14. The number of carbonyl (C=O) groups excluding carboxylic acids is 1. The summed E-state index contributed by atoms with van der Waals surface area (Å²) in [7, 11) is 0. The van der Waals surface area contributed by atoms with Crippen molar-refractivity contribution in [3.8, 4) is 0 Å². The minimum atomic E-state index is -0.0242. The van der Waals surface area contributed by atoms with Crippen molar-refractivity contribution >= 4 is 5.91 Å². The Morgan fingerprint density at radius 2 is 2.10 bits per heavy atom. The molecule has 2 rings (SSSR count). The number of carbonyl (C=O) groups is 1. The van der Waals surface area contributed by atoms with Gasteiger partial charge in [-0.05, 0) is 5.56 Å². The van der Waals surface area contributed by atoms with E-state index >= 15 is 0 Å². The van der Waals surface area contributed by atoms with Crippen molar-refractivity contribution in [2.75, 3.05) is 13.2 Å². The van der Waals surface area contributed by atoms with Crippen molar-refractivity contribution < 1.29 is 9.90 Å². The van der Waals surface area contributed by atoms with E-state index in [1.165, 1.54) is 0 Å². The molecule has 1 heterocycles. The number of rotatable bonds is 7. The van der Waals surface area contributed by atoms with Gasteiger partial charge in [-0.15, -0.1) is 0 Å². The molecule has 1 amide bonds. The maximum atomic E-state index is 12.2. The first-order valence-corrected chi connectivity index (χ1v) is 6.68. The molecular formula is C15H19N3O2. The highest BCUT2D eigenvalue weighted by Crippen LogP contribution is 2.06. The highest BCUT2D eigenvalue weighted by molar-refractivity contribution is 5.76. The normalized spacial score (nSPS) is 10.4. The summed E-state index contributed by atoms with van der Waals surface area (Å²) in [5.74, 6) is 0.0385. The molecule has 0 atom stereocenters. The first-order valence-electron chi connectivity index (χ1n) is 6.68. The summed E-state index contributed by atoms with van der Waals surface area (Å²) in [6.07, 6.45) is 5.63. The van der Waals surface area contributed by atoms with E-state index in [-0.39, 0.29) is 12.5 Å². The summed E-state index contributed by atoms with van der Waals surface area (Å²) >= 11 is 0. The lowest BCUT2D eigenvalue weighted by Crippen LogP contribution is -2.33. The fraction of sp³-hybridized carbons (Fsp3) is 0.333. The lowest BCUT2D eigenvalue weighted by atomic mass is 10.2. The van der Waals surface area contributed by atoms with Crippen molar-refractivity contribution in [2.24, 2.45) is 0 Å². The van der Waals surface area contributed by atoms with Crippen molar-refractivity contribution in [3.05, 3.63) is 54.6 Å². The Morgan fingerprint density at radius 1 is 1.30 bits per heavy atom. The molecular weight excluding hydrogens is 254 g/mol. The van der Waals surface area contributed by atoms with Crippen LogP contribution < -0.4 is 0 Å². The molecule has 0 saturated heterocycles. The largest absolute Gasteiger partial charge is 0.395 e. The number of aliphatic hydroxyl groups is 1. The van der Waals surface area contributed by atoms with Crippen molar-refractivity contribution in [1.82, 2.24) is 14.5 Å². The Labute approximate surface area is 118 Å². The van der Waals surface area contributed by atoms with Crippen LogP contribution in [0, 0.1) is 0 Å². The first kappa shape index (κ1) is 14.3. The highest BCUT2D eigenvalue weighted by Gasteiger charge is 2.13. The monoisotopic (exact) mass is 273 g/mol. The molecule has 0 spiro atoms. The summed E-state index contributed by atoms with van der Waals surface area (Å²) < 4.78 is 1.87. The fourth-order valence-corrected chi connectivity index (χ4v) is 2.02. The molecule has 0 saturated carbocycles. The smallest absolute Gasteiger partial charge is 0.224 e. The van der Waals surface area contributed by atoms with E-state index in [0.717, 1.165) is 5.56 Å². The molecule has 0 unspecified atom stereocenters. The number of imidazole rings is 1. The molecule has 20 heavy (non-hydrogen) atoms. The Kier molecular flexibility index (Phi) is 5.32. The van der Waals surface area contributed by atoms with Gasteiger partial charge in [0, 0.05) is 38.4 Å². The maximum Gasteiger partial charge on any atom is 0.224 e. The number of amides is 1. The standard InChI is InChI=1S/C15H19N3O2/c19-11-10-18(12-14-4-2-1-3-5-14)15(20)6-8-17-9-7-16-13-17/h1-5,7,9,13,19H,6,8,10-12H2. The Bertz CT molecular complexity index is 511. The number of nitrogens with zero attached hydrogens (tertiary/aromatic N) is 3. The third-order valence-electron chi connectivity index (χ3n) is 3.08. The van der Waals surface area contributed by atoms with E-state index in [2.05, 4.69) is 4.98 Å². The van der Waals surface area contributed by atoms with E-state index in [9.17, 15) is 4.79 Å². The van der Waals surface area contributed by atoms with Gasteiger partial charge in [0.25, 0.3) is 0 Å². The van der Waals surface area contributed by atoms with Gasteiger partial charge in [-0.1, -0.05) is 30.3 Å². The van der Waals surface area contributed by atoms with Gasteiger partial charge in [0.1, 0.15) is 0 Å². The van der Waals surface area contributed by atoms with Gasteiger partial charge in [-0.2, -0.15) is 0 Å². The third-order valence-corrected chi connectivity index (χ3v) is 3.08. The van der Waals surface area contributed by atoms with Crippen LogP contribution in [0.25, 0.3) is 0 Å². The van der Waals surface area contributed by atoms with E-state index in [1.807, 2.05) is 41.1 Å². The second-order valence-electron chi connectivity index (χ2n) is 4.58. The predicted molar refractivity (Wildman–Crippen MR) is 75.8 cm³/mol. The number of benzene rings is 1. The molecule has 106 valence electrons. The summed E-state index contributed by atoms with van der Waals surface area (Å²) in [5.41, 5.74) is 1.07. The SMILES string of the molecule is O=C(CCn1ccnc1)N(CCO)Cc1ccccc1. The molecule has 0 aliphatic carbocycles. The van der Waals surface area contributed by atoms with Crippen molar-refractivity contribution in [2.45, 2.75) is 19.5 Å². The zero-order valence-electron chi connectivity index (χ0n) is 11.4. The molecule has 1 aromatic carbocycles. The molecule has 0 aliphatic rings. The number of aliphatic hydroxyl groups excluding tert-OH is 1. The fourth-order valence-electron chi connectivity index (χ4n) is 2.02. The van der Waals surface area contributed by atoms with Gasteiger partial charge in [-0.25, -0.2) is 4.98 Å². The Morgan fingerprint density at radius 3 is 2.75 bits per heavy atom. The number of aromatic nitrogens is 2. The summed E-state index contributed by atoms with van der Waals surface area (Å²) in [6, 6.07) is 9.80. The summed E-state index contributed by atoms with van der Waals surface area (Å²) in [5, 5.41) is 9.11. The zero-order valence-corrected chi connectivity index (χ0v) is 11.4. The minimum Gasteiger partial charge on any atom is -0.395 e. The van der Waals surface area contributed by atoms with Crippen LogP contribution in [-0.4, -0.2) is 38.6 Å². The van der Waals surface area contributed by atoms with Gasteiger partial charge in [-0.3, -0.25) is 4.79 Å². The average Bonchev–Trinajstić information content (AvgIpc) is 2.99. The van der Waals surface area contributed by atoms with Gasteiger partial charge >= 0.3 is 0 Å². The van der Waals surface area contributed by atoms with Crippen LogP contribution >= 0.6 is 0 Å². The number of aryl methyl sites for hydroxylation is 1. The summed E-state index contributed by atoms with van der Waals surface area (Å²) in [4.78, 5) is 17.8. The molecule has 5 nitrogen and oxygen atoms in total. The Balaban J connectivity index is 1.91. The van der Waals surface area contributed by atoms with Gasteiger partial charge in [0.15, 0.2) is 0 Å². The topological polar surface area (TPSA) is 58.4 Å². The average molecular weight is 273 g/mol. The van der Waals surface area contributed by atoms with Gasteiger partial charge in [0.05, 0.1) is 12.9 Å². The van der Waals surface area contributed by atoms with Crippen LogP contribution in [0.3, 0.4) is 0 Å². The quantitative estimate of drug-likeness (QED) is 0.827. The van der Waals surface area contributed by atoms with Crippen LogP contribution in [0.5, 0.6) is 0 Å². The van der Waals surface area contributed by atoms with E-state index < -0.39 is 0 Å². The zero-order chi connectivity index (χ0) is 14.2. The van der Waals surface area contributed by atoms with Crippen molar-refractivity contribution in [1.29, 1.82) is 0 Å². The molecule has 1 aromatic heterocycles. The minimum absolute atomic E-state index is 0.0242. The van der Waals surface area contributed by atoms with Crippen LogP contribution in [0.4, 0.5) is 0 Å². The molecule has 0 aliphatic heterocycles. The number of hydrogen-bond donors (Lipinski definition) is 1. The highest BCUT2D eigenvalue weighted by atomic mass is 16.3. The van der Waals surface area contributed by atoms with Crippen LogP contribution in [0.1, 0.15) is 12.0 Å². The molecule has 5 heteroatoms. The maximum absolute atomic E-state index is 12.2. The van der Waals surface area contributed by atoms with Gasteiger partial charge in [0.2, 0.25) is 5.91 Å². The molecule has 0 radical (unpaired) electrons. The molecule has 0 bridgehead atoms. The summed E-state index contributed by atoms with van der Waals surface area (Å²) in [6.45, 7) is 1.47. The third kappa shape index (κ3) is 4.20. The lowest BCUT2D eigenvalue weighted by Gasteiger charge is -2.22. The molecule has 1 N–H and O–H groups in total. The van der Waals surface area contributed by atoms with Gasteiger partial charge < -0.3 is 14.6 Å². The first-order chi connectivity index (χ1) is 9.79. The molecule has 0 fully saturated rings. The van der Waals surface area contributed by atoms with Crippen LogP contribution in [0.15, 0.2) is 49.1 Å². The number of hydrogen-bond acceptors (Lipinski definition) is 3. The lowest BCUT2D eigenvalue weighted by molar-refractivity contribution is -0.132. The molecule has 2 aromatic rings. The van der Waals surface area contributed by atoms with E-state index in [4.69, 9.17) is 5.11 Å².